The van der Waals surface area contributed by atoms with Gasteiger partial charge in [-0.25, -0.2) is 0 Å². The van der Waals surface area contributed by atoms with Crippen LogP contribution in [0.5, 0.6) is 11.5 Å². The topological polar surface area (TPSA) is 40.5 Å². The molecule has 0 N–H and O–H groups in total. The second-order valence-electron chi connectivity index (χ2n) is 5.13. The fourth-order valence-electron chi connectivity index (χ4n) is 2.50. The highest BCUT2D eigenvalue weighted by Crippen LogP contribution is 2.32. The Morgan fingerprint density at radius 3 is 2.86 bits per heavy atom. The molecule has 1 aromatic carbocycles. The molecule has 0 radical (unpaired) electrons. The molecule has 4 heteroatoms. The van der Waals surface area contributed by atoms with Gasteiger partial charge in [0, 0.05) is 25.4 Å². The number of nitrogens with zero attached hydrogens (tertiary/aromatic N) is 1. The minimum atomic E-state index is 0.110. The van der Waals surface area contributed by atoms with E-state index in [1.165, 1.54) is 0 Å². The van der Waals surface area contributed by atoms with Gasteiger partial charge in [0.25, 0.3) is 0 Å². The van der Waals surface area contributed by atoms with E-state index in [0.717, 1.165) is 19.4 Å². The molecule has 2 heterocycles. The maximum absolute atomic E-state index is 12.0. The number of rotatable bonds is 6. The van der Waals surface area contributed by atoms with Crippen molar-refractivity contribution in [3.63, 3.8) is 0 Å². The van der Waals surface area contributed by atoms with Gasteiger partial charge in [0.15, 0.2) is 5.78 Å². The Kier molecular flexibility index (Phi) is 4.24. The highest BCUT2D eigenvalue weighted by atomic mass is 16.5. The molecule has 0 aliphatic carbocycles. The van der Waals surface area contributed by atoms with Crippen molar-refractivity contribution in [1.82, 2.24) is 4.57 Å². The number of hydrogen-bond acceptors (Lipinski definition) is 3. The van der Waals surface area contributed by atoms with Gasteiger partial charge in [0.2, 0.25) is 0 Å². The standard InChI is InChI=1S/C17H19NO3/c19-14-8-13-21-16-7-5-6-15(17(14)16)20-12-4-3-11-18-9-1-2-10-18/h1-2,5-7,9-10H,3-4,8,11-13H2. The summed E-state index contributed by atoms with van der Waals surface area (Å²) in [6.07, 6.45) is 6.56. The van der Waals surface area contributed by atoms with Gasteiger partial charge in [-0.3, -0.25) is 4.79 Å². The summed E-state index contributed by atoms with van der Waals surface area (Å²) in [6, 6.07) is 9.59. The molecule has 0 bridgehead atoms. The molecule has 2 aromatic rings. The van der Waals surface area contributed by atoms with E-state index in [4.69, 9.17) is 9.47 Å². The number of hydrogen-bond donors (Lipinski definition) is 0. The van der Waals surface area contributed by atoms with Crippen LogP contribution in [0.4, 0.5) is 0 Å². The molecule has 0 saturated heterocycles. The van der Waals surface area contributed by atoms with Crippen LogP contribution in [0.1, 0.15) is 29.6 Å². The first-order valence-corrected chi connectivity index (χ1v) is 7.37. The zero-order valence-electron chi connectivity index (χ0n) is 12.0. The van der Waals surface area contributed by atoms with Gasteiger partial charge in [0.05, 0.1) is 13.2 Å². The average Bonchev–Trinajstić information content (AvgIpc) is 3.00. The van der Waals surface area contributed by atoms with E-state index >= 15 is 0 Å². The van der Waals surface area contributed by atoms with Crippen molar-refractivity contribution in [3.8, 4) is 11.5 Å². The molecular weight excluding hydrogens is 266 g/mol. The normalized spacial score (nSPS) is 13.6. The van der Waals surface area contributed by atoms with Gasteiger partial charge in [-0.15, -0.1) is 0 Å². The van der Waals surface area contributed by atoms with Gasteiger partial charge in [-0.05, 0) is 37.1 Å². The quantitative estimate of drug-likeness (QED) is 0.764. The molecule has 21 heavy (non-hydrogen) atoms. The largest absolute Gasteiger partial charge is 0.493 e. The number of aryl methyl sites for hydroxylation is 1. The average molecular weight is 285 g/mol. The third-order valence-electron chi connectivity index (χ3n) is 3.59. The molecule has 1 aromatic heterocycles. The van der Waals surface area contributed by atoms with Gasteiger partial charge in [0.1, 0.15) is 17.1 Å². The number of carbonyl (C=O) groups is 1. The second-order valence-corrected chi connectivity index (χ2v) is 5.13. The fourth-order valence-corrected chi connectivity index (χ4v) is 2.50. The van der Waals surface area contributed by atoms with Gasteiger partial charge < -0.3 is 14.0 Å². The SMILES string of the molecule is O=C1CCOc2cccc(OCCCCn3cccc3)c21. The van der Waals surface area contributed by atoms with Crippen LogP contribution in [0.3, 0.4) is 0 Å². The van der Waals surface area contributed by atoms with Crippen LogP contribution in [0, 0.1) is 0 Å². The number of carbonyl (C=O) groups excluding carboxylic acids is 1. The molecule has 0 atom stereocenters. The molecule has 0 spiro atoms. The highest BCUT2D eigenvalue weighted by molar-refractivity contribution is 6.02. The first-order chi connectivity index (χ1) is 10.3. The van der Waals surface area contributed by atoms with Crippen molar-refractivity contribution in [2.24, 2.45) is 0 Å². The van der Waals surface area contributed by atoms with Gasteiger partial charge >= 0.3 is 0 Å². The number of aromatic nitrogens is 1. The lowest BCUT2D eigenvalue weighted by atomic mass is 10.0. The predicted octanol–water partition coefficient (Wildman–Crippen LogP) is 3.31. The molecule has 1 aliphatic heterocycles. The zero-order valence-corrected chi connectivity index (χ0v) is 12.0. The molecule has 3 rings (SSSR count). The van der Waals surface area contributed by atoms with Gasteiger partial charge in [-0.2, -0.15) is 0 Å². The number of Topliss-reactive ketones (excluding diaryl/α,β-unsaturated/α-hetero) is 1. The lowest BCUT2D eigenvalue weighted by molar-refractivity contribution is 0.0928. The van der Waals surface area contributed by atoms with Crippen LogP contribution in [-0.2, 0) is 6.54 Å². The molecule has 110 valence electrons. The zero-order chi connectivity index (χ0) is 14.5. The second kappa shape index (κ2) is 6.48. The summed E-state index contributed by atoms with van der Waals surface area (Å²) < 4.78 is 13.4. The predicted molar refractivity (Wildman–Crippen MR) is 80.0 cm³/mol. The summed E-state index contributed by atoms with van der Waals surface area (Å²) in [4.78, 5) is 12.0. The third kappa shape index (κ3) is 3.27. The van der Waals surface area contributed by atoms with Crippen molar-refractivity contribution in [3.05, 3.63) is 48.3 Å². The molecule has 0 unspecified atom stereocenters. The van der Waals surface area contributed by atoms with E-state index in [-0.39, 0.29) is 5.78 Å². The van der Waals surface area contributed by atoms with Crippen LogP contribution in [0.2, 0.25) is 0 Å². The monoisotopic (exact) mass is 285 g/mol. The Morgan fingerprint density at radius 2 is 2.00 bits per heavy atom. The van der Waals surface area contributed by atoms with Crippen molar-refractivity contribution >= 4 is 5.78 Å². The Hall–Kier alpha value is -2.23. The molecule has 0 saturated carbocycles. The van der Waals surface area contributed by atoms with Crippen molar-refractivity contribution in [1.29, 1.82) is 0 Å². The Morgan fingerprint density at radius 1 is 1.14 bits per heavy atom. The number of ketones is 1. The van der Waals surface area contributed by atoms with E-state index in [1.807, 2.05) is 30.3 Å². The molecular formula is C17H19NO3. The van der Waals surface area contributed by atoms with Crippen LogP contribution >= 0.6 is 0 Å². The summed E-state index contributed by atoms with van der Waals surface area (Å²) in [5.41, 5.74) is 0.606. The molecule has 4 nitrogen and oxygen atoms in total. The van der Waals surface area contributed by atoms with Crippen LogP contribution in [-0.4, -0.2) is 23.6 Å². The Labute approximate surface area is 124 Å². The van der Waals surface area contributed by atoms with Crippen LogP contribution < -0.4 is 9.47 Å². The van der Waals surface area contributed by atoms with E-state index in [0.29, 0.717) is 36.7 Å². The summed E-state index contributed by atoms with van der Waals surface area (Å²) in [5, 5.41) is 0. The van der Waals surface area contributed by atoms with Gasteiger partial charge in [-0.1, -0.05) is 6.07 Å². The summed E-state index contributed by atoms with van der Waals surface area (Å²) in [5.74, 6) is 1.41. The maximum atomic E-state index is 12.0. The molecule has 0 amide bonds. The smallest absolute Gasteiger partial charge is 0.173 e. The van der Waals surface area contributed by atoms with E-state index in [9.17, 15) is 4.79 Å². The maximum Gasteiger partial charge on any atom is 0.173 e. The Bertz CT molecular complexity index is 605. The summed E-state index contributed by atoms with van der Waals surface area (Å²) in [6.45, 7) is 2.07. The van der Waals surface area contributed by atoms with Crippen molar-refractivity contribution in [2.45, 2.75) is 25.8 Å². The third-order valence-corrected chi connectivity index (χ3v) is 3.59. The summed E-state index contributed by atoms with van der Waals surface area (Å²) in [7, 11) is 0. The molecule has 1 aliphatic rings. The number of benzene rings is 1. The minimum absolute atomic E-state index is 0.110. The summed E-state index contributed by atoms with van der Waals surface area (Å²) >= 11 is 0. The van der Waals surface area contributed by atoms with Crippen LogP contribution in [0.15, 0.2) is 42.7 Å². The first-order valence-electron chi connectivity index (χ1n) is 7.37. The number of fused-ring (bicyclic) bond motifs is 1. The minimum Gasteiger partial charge on any atom is -0.493 e. The highest BCUT2D eigenvalue weighted by Gasteiger charge is 2.22. The molecule has 0 fully saturated rings. The van der Waals surface area contributed by atoms with Crippen LogP contribution in [0.25, 0.3) is 0 Å². The van der Waals surface area contributed by atoms with Crippen molar-refractivity contribution in [2.75, 3.05) is 13.2 Å². The lowest BCUT2D eigenvalue weighted by Gasteiger charge is -2.19. The first kappa shape index (κ1) is 13.7. The Balaban J connectivity index is 1.52. The number of ether oxygens (including phenoxy) is 2. The van der Waals surface area contributed by atoms with E-state index < -0.39 is 0 Å². The van der Waals surface area contributed by atoms with Crippen molar-refractivity contribution < 1.29 is 14.3 Å². The van der Waals surface area contributed by atoms with E-state index in [2.05, 4.69) is 17.0 Å². The van der Waals surface area contributed by atoms with E-state index in [1.54, 1.807) is 0 Å². The fraction of sp³-hybridized carbons (Fsp3) is 0.353. The lowest BCUT2D eigenvalue weighted by Crippen LogP contribution is -2.16. The number of unbranched alkanes of at least 4 members (excludes halogenated alkanes) is 1.